The Kier molecular flexibility index (Phi) is 5.48. The highest BCUT2D eigenvalue weighted by molar-refractivity contribution is 7.13. The number of nitrogens with zero attached hydrogens (tertiary/aromatic N) is 3. The van der Waals surface area contributed by atoms with Gasteiger partial charge in [0, 0.05) is 36.6 Å². The molecule has 1 N–H and O–H groups in total. The van der Waals surface area contributed by atoms with Gasteiger partial charge >= 0.3 is 6.03 Å². The molecule has 1 aliphatic heterocycles. The van der Waals surface area contributed by atoms with Gasteiger partial charge in [0.2, 0.25) is 0 Å². The molecule has 8 heteroatoms. The first-order chi connectivity index (χ1) is 11.5. The summed E-state index contributed by atoms with van der Waals surface area (Å²) in [6, 6.07) is 4.87. The zero-order chi connectivity index (χ0) is 17.1. The predicted molar refractivity (Wildman–Crippen MR) is 101 cm³/mol. The van der Waals surface area contributed by atoms with Gasteiger partial charge in [-0.2, -0.15) is 0 Å². The van der Waals surface area contributed by atoms with Crippen LogP contribution in [0.1, 0.15) is 12.1 Å². The van der Waals surface area contributed by atoms with Crippen LogP contribution in [0.25, 0.3) is 0 Å². The van der Waals surface area contributed by atoms with Crippen LogP contribution >= 0.6 is 34.5 Å². The summed E-state index contributed by atoms with van der Waals surface area (Å²) in [5.74, 6) is 0. The highest BCUT2D eigenvalue weighted by Gasteiger charge is 2.21. The van der Waals surface area contributed by atoms with Crippen LogP contribution in [0.5, 0.6) is 0 Å². The molecule has 0 bridgehead atoms. The molecular formula is C16H18Cl2N4OS. The van der Waals surface area contributed by atoms with Crippen molar-refractivity contribution in [1.29, 1.82) is 0 Å². The largest absolute Gasteiger partial charge is 0.346 e. The Hall–Kier alpha value is -1.50. The maximum atomic E-state index is 12.5. The summed E-state index contributed by atoms with van der Waals surface area (Å²) in [5.41, 5.74) is 1.57. The van der Waals surface area contributed by atoms with Crippen molar-refractivity contribution in [3.8, 4) is 0 Å². The minimum absolute atomic E-state index is 0.156. The maximum Gasteiger partial charge on any atom is 0.321 e. The monoisotopic (exact) mass is 384 g/mol. The Bertz CT molecular complexity index is 737. The summed E-state index contributed by atoms with van der Waals surface area (Å²) >= 11 is 13.7. The molecule has 3 rings (SSSR count). The van der Waals surface area contributed by atoms with Crippen LogP contribution < -0.4 is 10.2 Å². The summed E-state index contributed by atoms with van der Waals surface area (Å²) < 4.78 is 0. The van der Waals surface area contributed by atoms with Crippen molar-refractivity contribution in [2.45, 2.75) is 13.3 Å². The van der Waals surface area contributed by atoms with Crippen LogP contribution in [0.3, 0.4) is 0 Å². The van der Waals surface area contributed by atoms with Gasteiger partial charge in [-0.3, -0.25) is 0 Å². The molecule has 0 atom stereocenters. The van der Waals surface area contributed by atoms with Crippen molar-refractivity contribution < 1.29 is 4.79 Å². The third-order valence-electron chi connectivity index (χ3n) is 3.83. The fourth-order valence-corrected chi connectivity index (χ4v) is 3.78. The normalized spacial score (nSPS) is 15.3. The molecule has 2 aromatic rings. The number of carbonyl (C=O) groups is 1. The summed E-state index contributed by atoms with van der Waals surface area (Å²) in [7, 11) is 0. The van der Waals surface area contributed by atoms with E-state index in [1.165, 1.54) is 0 Å². The second kappa shape index (κ2) is 7.59. The Morgan fingerprint density at radius 3 is 2.83 bits per heavy atom. The quantitative estimate of drug-likeness (QED) is 0.828. The van der Waals surface area contributed by atoms with Gasteiger partial charge in [0.15, 0.2) is 5.13 Å². The first kappa shape index (κ1) is 17.3. The van der Waals surface area contributed by atoms with Gasteiger partial charge < -0.3 is 15.1 Å². The Balaban J connectivity index is 1.63. The van der Waals surface area contributed by atoms with Crippen LogP contribution in [0.2, 0.25) is 10.0 Å². The number of aromatic nitrogens is 1. The number of amides is 2. The molecule has 5 nitrogen and oxygen atoms in total. The van der Waals surface area contributed by atoms with Crippen LogP contribution in [0, 0.1) is 6.92 Å². The molecule has 24 heavy (non-hydrogen) atoms. The van der Waals surface area contributed by atoms with Crippen molar-refractivity contribution in [1.82, 2.24) is 9.88 Å². The number of thiazole rings is 1. The lowest BCUT2D eigenvalue weighted by atomic mass is 10.3. The van der Waals surface area contributed by atoms with Crippen molar-refractivity contribution >= 4 is 51.4 Å². The molecule has 0 radical (unpaired) electrons. The summed E-state index contributed by atoms with van der Waals surface area (Å²) in [6.07, 6.45) is 0.898. The summed E-state index contributed by atoms with van der Waals surface area (Å²) in [4.78, 5) is 21.1. The van der Waals surface area contributed by atoms with Crippen LogP contribution in [-0.4, -0.2) is 42.1 Å². The Morgan fingerprint density at radius 1 is 1.25 bits per heavy atom. The Labute approximate surface area is 155 Å². The molecule has 1 aromatic heterocycles. The van der Waals surface area contributed by atoms with Gasteiger partial charge in [-0.25, -0.2) is 9.78 Å². The number of urea groups is 1. The van der Waals surface area contributed by atoms with E-state index < -0.39 is 0 Å². The summed E-state index contributed by atoms with van der Waals surface area (Å²) in [5, 5.41) is 6.93. The van der Waals surface area contributed by atoms with Crippen LogP contribution in [0.15, 0.2) is 23.6 Å². The first-order valence-electron chi connectivity index (χ1n) is 7.71. The topological polar surface area (TPSA) is 48.5 Å². The number of carbonyl (C=O) groups excluding carboxylic acids is 1. The lowest BCUT2D eigenvalue weighted by Crippen LogP contribution is -2.38. The molecule has 0 saturated carbocycles. The van der Waals surface area contributed by atoms with Crippen molar-refractivity contribution in [2.75, 3.05) is 36.4 Å². The third kappa shape index (κ3) is 4.12. The van der Waals surface area contributed by atoms with E-state index in [1.807, 2.05) is 12.3 Å². The first-order valence-corrected chi connectivity index (χ1v) is 9.34. The number of anilines is 2. The zero-order valence-corrected chi connectivity index (χ0v) is 15.6. The molecule has 0 aliphatic carbocycles. The molecule has 2 heterocycles. The van der Waals surface area contributed by atoms with Gasteiger partial charge in [-0.05, 0) is 31.5 Å². The number of benzene rings is 1. The number of rotatable bonds is 2. The number of hydrogen-bond acceptors (Lipinski definition) is 4. The van der Waals surface area contributed by atoms with Crippen molar-refractivity contribution in [3.63, 3.8) is 0 Å². The standard InChI is InChI=1S/C16H18Cl2N4OS/c1-11-10-24-16(19-11)22-6-2-5-21(7-8-22)15(23)20-14-9-12(17)3-4-13(14)18/h3-4,9-10H,2,5-8H2,1H3,(H,20,23). The molecule has 1 aromatic carbocycles. The van der Waals surface area contributed by atoms with Crippen LogP contribution in [0.4, 0.5) is 15.6 Å². The SMILES string of the molecule is Cc1csc(N2CCCN(C(=O)Nc3cc(Cl)ccc3Cl)CC2)n1. The summed E-state index contributed by atoms with van der Waals surface area (Å²) in [6.45, 7) is 5.00. The minimum Gasteiger partial charge on any atom is -0.346 e. The molecule has 128 valence electrons. The van der Waals surface area contributed by atoms with E-state index in [-0.39, 0.29) is 6.03 Å². The smallest absolute Gasteiger partial charge is 0.321 e. The van der Waals surface area contributed by atoms with Gasteiger partial charge in [0.1, 0.15) is 0 Å². The average molecular weight is 385 g/mol. The molecular weight excluding hydrogens is 367 g/mol. The van der Waals surface area contributed by atoms with Crippen LogP contribution in [-0.2, 0) is 0 Å². The molecule has 1 saturated heterocycles. The van der Waals surface area contributed by atoms with Crippen molar-refractivity contribution in [3.05, 3.63) is 39.3 Å². The second-order valence-corrected chi connectivity index (χ2v) is 7.33. The van der Waals surface area contributed by atoms with E-state index in [1.54, 1.807) is 34.4 Å². The fourth-order valence-electron chi connectivity index (χ4n) is 2.59. The molecule has 0 unspecified atom stereocenters. The third-order valence-corrected chi connectivity index (χ3v) is 5.41. The minimum atomic E-state index is -0.156. The lowest BCUT2D eigenvalue weighted by Gasteiger charge is -2.22. The van der Waals surface area contributed by atoms with Gasteiger partial charge in [0.05, 0.1) is 16.4 Å². The van der Waals surface area contributed by atoms with Crippen molar-refractivity contribution in [2.24, 2.45) is 0 Å². The lowest BCUT2D eigenvalue weighted by molar-refractivity contribution is 0.215. The van der Waals surface area contributed by atoms with Gasteiger partial charge in [-0.1, -0.05) is 23.2 Å². The number of hydrogen-bond donors (Lipinski definition) is 1. The molecule has 1 fully saturated rings. The van der Waals surface area contributed by atoms with E-state index in [4.69, 9.17) is 23.2 Å². The van der Waals surface area contributed by atoms with Gasteiger partial charge in [0.25, 0.3) is 0 Å². The highest BCUT2D eigenvalue weighted by atomic mass is 35.5. The van der Waals surface area contributed by atoms with E-state index in [9.17, 15) is 4.79 Å². The molecule has 2 amide bonds. The Morgan fingerprint density at radius 2 is 2.08 bits per heavy atom. The predicted octanol–water partition coefficient (Wildman–Crippen LogP) is 4.50. The van der Waals surface area contributed by atoms with E-state index in [0.717, 1.165) is 30.3 Å². The van der Waals surface area contributed by atoms with E-state index >= 15 is 0 Å². The fraction of sp³-hybridized carbons (Fsp3) is 0.375. The number of nitrogens with one attached hydrogen (secondary N) is 1. The highest BCUT2D eigenvalue weighted by Crippen LogP contribution is 2.26. The zero-order valence-electron chi connectivity index (χ0n) is 13.3. The molecule has 1 aliphatic rings. The molecule has 0 spiro atoms. The van der Waals surface area contributed by atoms with E-state index in [0.29, 0.717) is 28.8 Å². The van der Waals surface area contributed by atoms with Gasteiger partial charge in [-0.15, -0.1) is 11.3 Å². The maximum absolute atomic E-state index is 12.5. The number of halogens is 2. The second-order valence-electron chi connectivity index (χ2n) is 5.65. The average Bonchev–Trinajstić information content (AvgIpc) is 2.83. The number of aryl methyl sites for hydroxylation is 1. The van der Waals surface area contributed by atoms with E-state index in [2.05, 4.69) is 15.2 Å².